The molecule has 0 saturated heterocycles. The number of aryl methyl sites for hydroxylation is 1. The Balaban J connectivity index is 2.19. The van der Waals surface area contributed by atoms with Gasteiger partial charge in [-0.3, -0.25) is 9.98 Å². The van der Waals surface area contributed by atoms with Gasteiger partial charge < -0.3 is 10.3 Å². The van der Waals surface area contributed by atoms with E-state index in [2.05, 4.69) is 70.8 Å². The van der Waals surface area contributed by atoms with E-state index in [0.29, 0.717) is 0 Å². The van der Waals surface area contributed by atoms with Crippen LogP contribution in [0.3, 0.4) is 0 Å². The zero-order valence-electron chi connectivity index (χ0n) is 14.4. The number of allylic oxidation sites excluding steroid dienone is 1. The predicted molar refractivity (Wildman–Crippen MR) is 107 cm³/mol. The number of nitrogens with two attached hydrogens (primary N) is 1. The standard InChI is InChI=1S/C21H22N4/c1-3-16-8-10-17(11-9-16)25-14-19(18-6-4-5-7-21(18)25)20(24-15-22)12-13-23-2/h4-14H,2-3,15,22H2,1H3/b13-12-,24-20+. The van der Waals surface area contributed by atoms with Crippen LogP contribution in [0.25, 0.3) is 16.6 Å². The lowest BCUT2D eigenvalue weighted by molar-refractivity contribution is 1.07. The maximum atomic E-state index is 5.66. The van der Waals surface area contributed by atoms with Gasteiger partial charge in [-0.05, 0) is 43.0 Å². The van der Waals surface area contributed by atoms with E-state index in [-0.39, 0.29) is 6.67 Å². The Morgan fingerprint density at radius 2 is 1.92 bits per heavy atom. The summed E-state index contributed by atoms with van der Waals surface area (Å²) in [7, 11) is 0. The first-order valence-electron chi connectivity index (χ1n) is 8.35. The molecule has 4 nitrogen and oxygen atoms in total. The molecule has 4 heteroatoms. The summed E-state index contributed by atoms with van der Waals surface area (Å²) in [4.78, 5) is 8.21. The first kappa shape index (κ1) is 16.9. The van der Waals surface area contributed by atoms with Gasteiger partial charge in [0.15, 0.2) is 0 Å². The van der Waals surface area contributed by atoms with E-state index in [1.807, 2.05) is 18.2 Å². The average molecular weight is 330 g/mol. The highest BCUT2D eigenvalue weighted by atomic mass is 15.0. The maximum Gasteiger partial charge on any atom is 0.0866 e. The molecule has 0 atom stereocenters. The second kappa shape index (κ2) is 7.73. The highest BCUT2D eigenvalue weighted by Crippen LogP contribution is 2.26. The van der Waals surface area contributed by atoms with Crippen LogP contribution in [0.2, 0.25) is 0 Å². The Kier molecular flexibility index (Phi) is 5.21. The minimum atomic E-state index is 0.224. The van der Waals surface area contributed by atoms with Crippen molar-refractivity contribution in [3.63, 3.8) is 0 Å². The highest BCUT2D eigenvalue weighted by Gasteiger charge is 2.12. The van der Waals surface area contributed by atoms with E-state index in [1.165, 1.54) is 5.56 Å². The van der Waals surface area contributed by atoms with E-state index in [0.717, 1.165) is 34.3 Å². The number of para-hydroxylation sites is 1. The first-order valence-corrected chi connectivity index (χ1v) is 8.35. The quantitative estimate of drug-likeness (QED) is 0.679. The molecule has 126 valence electrons. The molecule has 1 heterocycles. The van der Waals surface area contributed by atoms with Crippen molar-refractivity contribution in [3.8, 4) is 5.69 Å². The molecule has 0 saturated carbocycles. The van der Waals surface area contributed by atoms with Gasteiger partial charge in [-0.1, -0.05) is 37.3 Å². The summed E-state index contributed by atoms with van der Waals surface area (Å²) in [5.74, 6) is 0. The minimum Gasteiger partial charge on any atom is -0.316 e. The van der Waals surface area contributed by atoms with Crippen molar-refractivity contribution in [2.45, 2.75) is 13.3 Å². The molecule has 0 bridgehead atoms. The lowest BCUT2D eigenvalue weighted by Crippen LogP contribution is -2.03. The molecular formula is C21H22N4. The van der Waals surface area contributed by atoms with E-state index in [1.54, 1.807) is 6.20 Å². The number of hydrogen-bond donors (Lipinski definition) is 1. The number of hydrogen-bond acceptors (Lipinski definition) is 3. The Hall–Kier alpha value is -2.98. The maximum absolute atomic E-state index is 5.66. The van der Waals surface area contributed by atoms with Gasteiger partial charge in [-0.25, -0.2) is 0 Å². The smallest absolute Gasteiger partial charge is 0.0866 e. The Morgan fingerprint density at radius 1 is 1.16 bits per heavy atom. The number of nitrogens with zero attached hydrogens (tertiary/aromatic N) is 3. The summed E-state index contributed by atoms with van der Waals surface area (Å²) in [5.41, 5.74) is 11.1. The summed E-state index contributed by atoms with van der Waals surface area (Å²) in [5, 5.41) is 1.13. The monoisotopic (exact) mass is 330 g/mol. The largest absolute Gasteiger partial charge is 0.316 e. The van der Waals surface area contributed by atoms with Gasteiger partial charge in [0, 0.05) is 29.0 Å². The van der Waals surface area contributed by atoms with Crippen LogP contribution in [0.5, 0.6) is 0 Å². The third-order valence-electron chi connectivity index (χ3n) is 4.21. The Bertz CT molecular complexity index is 930. The Morgan fingerprint density at radius 3 is 2.60 bits per heavy atom. The van der Waals surface area contributed by atoms with Crippen LogP contribution in [0.15, 0.2) is 77.0 Å². The van der Waals surface area contributed by atoms with Crippen molar-refractivity contribution < 1.29 is 0 Å². The van der Waals surface area contributed by atoms with Crippen molar-refractivity contribution in [1.29, 1.82) is 0 Å². The molecule has 0 aliphatic heterocycles. The van der Waals surface area contributed by atoms with E-state index in [4.69, 9.17) is 5.73 Å². The Labute approximate surface area is 148 Å². The van der Waals surface area contributed by atoms with E-state index in [9.17, 15) is 0 Å². The molecule has 0 fully saturated rings. The van der Waals surface area contributed by atoms with Crippen molar-refractivity contribution in [3.05, 3.63) is 78.1 Å². The molecule has 0 spiro atoms. The van der Waals surface area contributed by atoms with Crippen molar-refractivity contribution in [2.75, 3.05) is 6.67 Å². The van der Waals surface area contributed by atoms with Gasteiger partial charge in [-0.2, -0.15) is 0 Å². The van der Waals surface area contributed by atoms with Gasteiger partial charge in [0.05, 0.1) is 17.9 Å². The minimum absolute atomic E-state index is 0.224. The molecule has 2 N–H and O–H groups in total. The molecule has 3 aromatic rings. The van der Waals surface area contributed by atoms with Crippen LogP contribution in [0.1, 0.15) is 18.1 Å². The van der Waals surface area contributed by atoms with E-state index >= 15 is 0 Å². The molecule has 0 aliphatic rings. The van der Waals surface area contributed by atoms with Crippen LogP contribution in [0, 0.1) is 0 Å². The summed E-state index contributed by atoms with van der Waals surface area (Å²) < 4.78 is 2.19. The third kappa shape index (κ3) is 3.44. The summed E-state index contributed by atoms with van der Waals surface area (Å²) >= 11 is 0. The van der Waals surface area contributed by atoms with Crippen LogP contribution >= 0.6 is 0 Å². The zero-order valence-corrected chi connectivity index (χ0v) is 14.4. The fourth-order valence-corrected chi connectivity index (χ4v) is 2.94. The summed E-state index contributed by atoms with van der Waals surface area (Å²) in [6.45, 7) is 5.87. The zero-order chi connectivity index (χ0) is 17.6. The molecule has 0 amide bonds. The van der Waals surface area contributed by atoms with Gasteiger partial charge in [0.2, 0.25) is 0 Å². The molecule has 0 aliphatic carbocycles. The van der Waals surface area contributed by atoms with Crippen molar-refractivity contribution in [1.82, 2.24) is 4.57 Å². The SMILES string of the molecule is C=N/C=C\C(=N/CN)c1cn(-c2ccc(CC)cc2)c2ccccc12. The molecule has 25 heavy (non-hydrogen) atoms. The second-order valence-electron chi connectivity index (χ2n) is 5.67. The number of benzene rings is 2. The van der Waals surface area contributed by atoms with Crippen molar-refractivity contribution in [2.24, 2.45) is 15.7 Å². The third-order valence-corrected chi connectivity index (χ3v) is 4.21. The topological polar surface area (TPSA) is 55.7 Å². The molecule has 0 unspecified atom stereocenters. The second-order valence-corrected chi connectivity index (χ2v) is 5.67. The van der Waals surface area contributed by atoms with Gasteiger partial charge in [-0.15, -0.1) is 0 Å². The highest BCUT2D eigenvalue weighted by molar-refractivity contribution is 6.16. The summed E-state index contributed by atoms with van der Waals surface area (Å²) in [6.07, 6.45) is 6.61. The van der Waals surface area contributed by atoms with Crippen LogP contribution in [0.4, 0.5) is 0 Å². The lowest BCUT2D eigenvalue weighted by Gasteiger charge is -2.06. The number of aromatic nitrogens is 1. The van der Waals surface area contributed by atoms with Gasteiger partial charge in [0.25, 0.3) is 0 Å². The molecular weight excluding hydrogens is 308 g/mol. The number of fused-ring (bicyclic) bond motifs is 1. The number of aliphatic imine (C=N–C) groups is 2. The van der Waals surface area contributed by atoms with Crippen molar-refractivity contribution >= 4 is 23.3 Å². The molecule has 2 aromatic carbocycles. The van der Waals surface area contributed by atoms with Gasteiger partial charge in [0.1, 0.15) is 0 Å². The number of rotatable bonds is 6. The predicted octanol–water partition coefficient (Wildman–Crippen LogP) is 4.11. The summed E-state index contributed by atoms with van der Waals surface area (Å²) in [6, 6.07) is 16.9. The van der Waals surface area contributed by atoms with Gasteiger partial charge >= 0.3 is 0 Å². The van der Waals surface area contributed by atoms with Crippen LogP contribution < -0.4 is 5.73 Å². The van der Waals surface area contributed by atoms with E-state index < -0.39 is 0 Å². The fraction of sp³-hybridized carbons (Fsp3) is 0.143. The van der Waals surface area contributed by atoms with Crippen LogP contribution in [-0.2, 0) is 6.42 Å². The lowest BCUT2D eigenvalue weighted by atomic mass is 10.1. The average Bonchev–Trinajstić information content (AvgIpc) is 3.05. The van der Waals surface area contributed by atoms with Crippen LogP contribution in [-0.4, -0.2) is 23.7 Å². The normalized spacial score (nSPS) is 12.2. The molecule has 1 aromatic heterocycles. The first-order chi connectivity index (χ1) is 12.3. The fourth-order valence-electron chi connectivity index (χ4n) is 2.94. The molecule has 3 rings (SSSR count). The molecule has 0 radical (unpaired) electrons.